The van der Waals surface area contributed by atoms with Crippen LogP contribution in [0.15, 0.2) is 18.6 Å². The molecule has 0 amide bonds. The Morgan fingerprint density at radius 1 is 1.54 bits per heavy atom. The maximum Gasteiger partial charge on any atom is 0.0765 e. The van der Waals surface area contributed by atoms with E-state index < -0.39 is 0 Å². The molecule has 0 radical (unpaired) electrons. The van der Waals surface area contributed by atoms with E-state index in [0.717, 1.165) is 12.1 Å². The van der Waals surface area contributed by atoms with Crippen LogP contribution in [0.1, 0.15) is 25.1 Å². The summed E-state index contributed by atoms with van der Waals surface area (Å²) in [5.74, 6) is 5.88. The van der Waals surface area contributed by atoms with Gasteiger partial charge in [0.25, 0.3) is 0 Å². The first-order valence-electron chi connectivity index (χ1n) is 4.21. The standard InChI is InChI=1S/C10H13N3/c1-3-4-5-9(11-2)10-8-12-6-7-13-10/h6-9,11H,5H2,1-2H3. The highest BCUT2D eigenvalue weighted by atomic mass is 14.9. The van der Waals surface area contributed by atoms with E-state index in [1.165, 1.54) is 0 Å². The Kier molecular flexibility index (Phi) is 3.94. The Bertz CT molecular complexity index is 297. The highest BCUT2D eigenvalue weighted by Gasteiger charge is 2.07. The minimum absolute atomic E-state index is 0.182. The lowest BCUT2D eigenvalue weighted by molar-refractivity contribution is 0.591. The largest absolute Gasteiger partial charge is 0.311 e. The van der Waals surface area contributed by atoms with E-state index in [1.807, 2.05) is 14.0 Å². The highest BCUT2D eigenvalue weighted by molar-refractivity contribution is 5.08. The van der Waals surface area contributed by atoms with Crippen LogP contribution in [-0.4, -0.2) is 17.0 Å². The first-order valence-corrected chi connectivity index (χ1v) is 4.21. The first kappa shape index (κ1) is 9.69. The van der Waals surface area contributed by atoms with E-state index in [9.17, 15) is 0 Å². The third-order valence-electron chi connectivity index (χ3n) is 1.77. The van der Waals surface area contributed by atoms with Gasteiger partial charge >= 0.3 is 0 Å². The van der Waals surface area contributed by atoms with Gasteiger partial charge in [-0.05, 0) is 14.0 Å². The van der Waals surface area contributed by atoms with Crippen molar-refractivity contribution in [2.75, 3.05) is 7.05 Å². The molecule has 13 heavy (non-hydrogen) atoms. The number of hydrogen-bond donors (Lipinski definition) is 1. The quantitative estimate of drug-likeness (QED) is 0.700. The van der Waals surface area contributed by atoms with Crippen LogP contribution in [0.25, 0.3) is 0 Å². The van der Waals surface area contributed by atoms with Gasteiger partial charge in [-0.15, -0.1) is 11.8 Å². The molecule has 3 nitrogen and oxygen atoms in total. The molecule has 0 saturated carbocycles. The summed E-state index contributed by atoms with van der Waals surface area (Å²) in [5, 5.41) is 3.15. The molecule has 0 fully saturated rings. The zero-order chi connectivity index (χ0) is 9.52. The second-order valence-electron chi connectivity index (χ2n) is 2.60. The molecule has 1 N–H and O–H groups in total. The molecule has 1 aromatic rings. The van der Waals surface area contributed by atoms with Crippen molar-refractivity contribution in [3.05, 3.63) is 24.3 Å². The Morgan fingerprint density at radius 2 is 2.38 bits per heavy atom. The van der Waals surface area contributed by atoms with Gasteiger partial charge in [0.1, 0.15) is 0 Å². The monoisotopic (exact) mass is 175 g/mol. The van der Waals surface area contributed by atoms with Gasteiger partial charge in [-0.1, -0.05) is 0 Å². The molecule has 1 unspecified atom stereocenters. The predicted octanol–water partition coefficient (Wildman–Crippen LogP) is 1.15. The van der Waals surface area contributed by atoms with Crippen LogP contribution in [-0.2, 0) is 0 Å². The van der Waals surface area contributed by atoms with Crippen LogP contribution in [0.4, 0.5) is 0 Å². The lowest BCUT2D eigenvalue weighted by Crippen LogP contribution is -2.17. The molecule has 0 bridgehead atoms. The summed E-state index contributed by atoms with van der Waals surface area (Å²) in [6.07, 6.45) is 5.89. The van der Waals surface area contributed by atoms with Crippen LogP contribution in [0.2, 0.25) is 0 Å². The number of aromatic nitrogens is 2. The van der Waals surface area contributed by atoms with Gasteiger partial charge in [-0.2, -0.15) is 0 Å². The van der Waals surface area contributed by atoms with Crippen molar-refractivity contribution in [1.82, 2.24) is 15.3 Å². The second-order valence-corrected chi connectivity index (χ2v) is 2.60. The van der Waals surface area contributed by atoms with Crippen molar-refractivity contribution >= 4 is 0 Å². The van der Waals surface area contributed by atoms with Gasteiger partial charge in [0.15, 0.2) is 0 Å². The SMILES string of the molecule is CC#CCC(NC)c1cnccn1. The smallest absolute Gasteiger partial charge is 0.0765 e. The molecule has 3 heteroatoms. The summed E-state index contributed by atoms with van der Waals surface area (Å²) >= 11 is 0. The molecule has 1 rings (SSSR count). The average molecular weight is 175 g/mol. The summed E-state index contributed by atoms with van der Waals surface area (Å²) in [6.45, 7) is 1.84. The van der Waals surface area contributed by atoms with Gasteiger partial charge < -0.3 is 5.32 Å². The van der Waals surface area contributed by atoms with E-state index in [1.54, 1.807) is 18.6 Å². The van der Waals surface area contributed by atoms with Gasteiger partial charge in [0.2, 0.25) is 0 Å². The molecule has 68 valence electrons. The number of nitrogens with zero attached hydrogens (tertiary/aromatic N) is 2. The summed E-state index contributed by atoms with van der Waals surface area (Å²) < 4.78 is 0. The van der Waals surface area contributed by atoms with Crippen LogP contribution in [0.5, 0.6) is 0 Å². The zero-order valence-corrected chi connectivity index (χ0v) is 7.91. The minimum Gasteiger partial charge on any atom is -0.311 e. The summed E-state index contributed by atoms with van der Waals surface area (Å²) in [4.78, 5) is 8.22. The zero-order valence-electron chi connectivity index (χ0n) is 7.91. The Hall–Kier alpha value is -1.40. The summed E-state index contributed by atoms with van der Waals surface area (Å²) in [5.41, 5.74) is 0.938. The molecule has 1 heterocycles. The van der Waals surface area contributed by atoms with Gasteiger partial charge in [-0.25, -0.2) is 0 Å². The lowest BCUT2D eigenvalue weighted by atomic mass is 10.1. The maximum absolute atomic E-state index is 4.21. The normalized spacial score (nSPS) is 11.5. The fourth-order valence-corrected chi connectivity index (χ4v) is 1.05. The van der Waals surface area contributed by atoms with Crippen molar-refractivity contribution in [2.45, 2.75) is 19.4 Å². The van der Waals surface area contributed by atoms with Crippen LogP contribution in [0.3, 0.4) is 0 Å². The number of rotatable bonds is 3. The van der Waals surface area contributed by atoms with E-state index in [0.29, 0.717) is 0 Å². The highest BCUT2D eigenvalue weighted by Crippen LogP contribution is 2.10. The van der Waals surface area contributed by atoms with Crippen molar-refractivity contribution in [2.24, 2.45) is 0 Å². The van der Waals surface area contributed by atoms with Crippen molar-refractivity contribution < 1.29 is 0 Å². The molecule has 0 aliphatic carbocycles. The van der Waals surface area contributed by atoms with Gasteiger partial charge in [0.05, 0.1) is 17.9 Å². The molecule has 1 aromatic heterocycles. The minimum atomic E-state index is 0.182. The molecule has 0 aromatic carbocycles. The first-order chi connectivity index (χ1) is 6.38. The third kappa shape index (κ3) is 2.85. The fourth-order valence-electron chi connectivity index (χ4n) is 1.05. The van der Waals surface area contributed by atoms with E-state index in [-0.39, 0.29) is 6.04 Å². The second kappa shape index (κ2) is 5.28. The van der Waals surface area contributed by atoms with Gasteiger partial charge in [0, 0.05) is 18.8 Å². The Balaban J connectivity index is 2.70. The maximum atomic E-state index is 4.21. The van der Waals surface area contributed by atoms with E-state index >= 15 is 0 Å². The third-order valence-corrected chi connectivity index (χ3v) is 1.77. The van der Waals surface area contributed by atoms with Crippen LogP contribution in [0, 0.1) is 11.8 Å². The van der Waals surface area contributed by atoms with E-state index in [2.05, 4.69) is 27.1 Å². The predicted molar refractivity (Wildman–Crippen MR) is 51.9 cm³/mol. The molecule has 0 saturated heterocycles. The van der Waals surface area contributed by atoms with Gasteiger partial charge in [-0.3, -0.25) is 9.97 Å². The lowest BCUT2D eigenvalue weighted by Gasteiger charge is -2.10. The average Bonchev–Trinajstić information content (AvgIpc) is 2.21. The van der Waals surface area contributed by atoms with Crippen molar-refractivity contribution in [3.63, 3.8) is 0 Å². The van der Waals surface area contributed by atoms with Crippen molar-refractivity contribution in [3.8, 4) is 11.8 Å². The van der Waals surface area contributed by atoms with Crippen LogP contribution < -0.4 is 5.32 Å². The Labute approximate surface area is 78.6 Å². The topological polar surface area (TPSA) is 37.8 Å². The van der Waals surface area contributed by atoms with Crippen LogP contribution >= 0.6 is 0 Å². The summed E-state index contributed by atoms with van der Waals surface area (Å²) in [6, 6.07) is 0.182. The van der Waals surface area contributed by atoms with Crippen molar-refractivity contribution in [1.29, 1.82) is 0 Å². The number of nitrogens with one attached hydrogen (secondary N) is 1. The fraction of sp³-hybridized carbons (Fsp3) is 0.400. The Morgan fingerprint density at radius 3 is 2.92 bits per heavy atom. The molecule has 0 aliphatic rings. The molecule has 0 spiro atoms. The number of hydrogen-bond acceptors (Lipinski definition) is 3. The summed E-state index contributed by atoms with van der Waals surface area (Å²) in [7, 11) is 1.90. The molecular formula is C10H13N3. The molecule has 0 aliphatic heterocycles. The molecule has 1 atom stereocenters. The molecular weight excluding hydrogens is 162 g/mol. The van der Waals surface area contributed by atoms with E-state index in [4.69, 9.17) is 0 Å².